The molecule has 17 heavy (non-hydrogen) atoms. The van der Waals surface area contributed by atoms with E-state index in [1.807, 2.05) is 0 Å². The Morgan fingerprint density at radius 2 is 2.35 bits per heavy atom. The molecule has 96 valence electrons. The number of hydrogen-bond acceptors (Lipinski definition) is 4. The van der Waals surface area contributed by atoms with Gasteiger partial charge in [0, 0.05) is 26.7 Å². The summed E-state index contributed by atoms with van der Waals surface area (Å²) in [6, 6.07) is 1.65. The number of ether oxygens (including phenoxy) is 1. The largest absolute Gasteiger partial charge is 0.469 e. The lowest BCUT2D eigenvalue weighted by atomic mass is 10.0. The van der Waals surface area contributed by atoms with E-state index in [0.717, 1.165) is 0 Å². The molecule has 1 unspecified atom stereocenters. The smallest absolute Gasteiger partial charge is 0.254 e. The molecule has 1 aromatic heterocycles. The van der Waals surface area contributed by atoms with Gasteiger partial charge in [0.1, 0.15) is 12.0 Å². The second-order valence-electron chi connectivity index (χ2n) is 4.37. The molecule has 1 aromatic rings. The normalized spacial score (nSPS) is 14.4. The highest BCUT2D eigenvalue weighted by atomic mass is 16.5. The molecule has 1 amide bonds. The van der Waals surface area contributed by atoms with E-state index in [-0.39, 0.29) is 12.5 Å². The Bertz CT molecular complexity index is 370. The van der Waals surface area contributed by atoms with Gasteiger partial charge in [0.25, 0.3) is 5.91 Å². The summed E-state index contributed by atoms with van der Waals surface area (Å²) in [5.41, 5.74) is -0.505. The van der Waals surface area contributed by atoms with Crippen molar-refractivity contribution in [3.05, 3.63) is 23.7 Å². The van der Waals surface area contributed by atoms with Crippen LogP contribution in [0.25, 0.3) is 0 Å². The van der Waals surface area contributed by atoms with E-state index in [0.29, 0.717) is 24.4 Å². The van der Waals surface area contributed by atoms with Gasteiger partial charge in [-0.25, -0.2) is 0 Å². The van der Waals surface area contributed by atoms with Gasteiger partial charge in [0.15, 0.2) is 0 Å². The molecule has 5 nitrogen and oxygen atoms in total. The Morgan fingerprint density at radius 1 is 1.65 bits per heavy atom. The maximum atomic E-state index is 11.7. The van der Waals surface area contributed by atoms with Crippen LogP contribution in [-0.4, -0.2) is 36.9 Å². The lowest BCUT2D eigenvalue weighted by Crippen LogP contribution is -2.41. The van der Waals surface area contributed by atoms with Crippen LogP contribution in [0.3, 0.4) is 0 Å². The summed E-state index contributed by atoms with van der Waals surface area (Å²) in [6.45, 7) is 4.06. The first-order valence-electron chi connectivity index (χ1n) is 5.49. The molecule has 0 aliphatic carbocycles. The number of hydrogen-bond donors (Lipinski definition) is 2. The zero-order valence-corrected chi connectivity index (χ0v) is 10.4. The average molecular weight is 241 g/mol. The minimum absolute atomic E-state index is 0.180. The second kappa shape index (κ2) is 5.84. The van der Waals surface area contributed by atoms with Gasteiger partial charge in [0.05, 0.1) is 11.2 Å². The lowest BCUT2D eigenvalue weighted by Gasteiger charge is -2.22. The Labute approximate surface area is 101 Å². The number of carbonyl (C=O) groups is 1. The van der Waals surface area contributed by atoms with E-state index in [2.05, 4.69) is 5.32 Å². The summed E-state index contributed by atoms with van der Waals surface area (Å²) in [5, 5.41) is 12.6. The number of aryl methyl sites for hydroxylation is 1. The van der Waals surface area contributed by atoms with Crippen molar-refractivity contribution in [3.8, 4) is 0 Å². The highest BCUT2D eigenvalue weighted by Crippen LogP contribution is 2.09. The van der Waals surface area contributed by atoms with Crippen molar-refractivity contribution >= 4 is 5.91 Å². The third-order valence-corrected chi connectivity index (χ3v) is 2.47. The third kappa shape index (κ3) is 4.58. The van der Waals surface area contributed by atoms with Gasteiger partial charge >= 0.3 is 0 Å². The first-order chi connectivity index (χ1) is 7.94. The van der Waals surface area contributed by atoms with Crippen LogP contribution >= 0.6 is 0 Å². The standard InChI is InChI=1S/C12H19NO4/c1-9-6-10(7-17-9)11(14)13-8-12(2,15)4-5-16-3/h6-7,15H,4-5,8H2,1-3H3,(H,13,14). The van der Waals surface area contributed by atoms with Gasteiger partial charge in [0.2, 0.25) is 0 Å². The highest BCUT2D eigenvalue weighted by molar-refractivity contribution is 5.93. The summed E-state index contributed by atoms with van der Waals surface area (Å²) < 4.78 is 9.92. The molecule has 0 aliphatic heterocycles. The molecule has 1 heterocycles. The van der Waals surface area contributed by atoms with Crippen molar-refractivity contribution in [1.82, 2.24) is 5.32 Å². The number of amides is 1. The van der Waals surface area contributed by atoms with Crippen LogP contribution in [0.4, 0.5) is 0 Å². The minimum Gasteiger partial charge on any atom is -0.469 e. The maximum absolute atomic E-state index is 11.7. The Kier molecular flexibility index (Phi) is 4.72. The van der Waals surface area contributed by atoms with Crippen LogP contribution in [0.5, 0.6) is 0 Å². The zero-order valence-electron chi connectivity index (χ0n) is 10.4. The fourth-order valence-corrected chi connectivity index (χ4v) is 1.35. The molecule has 0 saturated carbocycles. The van der Waals surface area contributed by atoms with E-state index in [1.165, 1.54) is 6.26 Å². The Balaban J connectivity index is 2.42. The lowest BCUT2D eigenvalue weighted by molar-refractivity contribution is 0.0243. The topological polar surface area (TPSA) is 71.7 Å². The average Bonchev–Trinajstić information content (AvgIpc) is 2.70. The van der Waals surface area contributed by atoms with Crippen molar-refractivity contribution in [1.29, 1.82) is 0 Å². The zero-order chi connectivity index (χ0) is 12.9. The number of rotatable bonds is 6. The van der Waals surface area contributed by atoms with Gasteiger partial charge in [-0.05, 0) is 19.9 Å². The Morgan fingerprint density at radius 3 is 2.88 bits per heavy atom. The van der Waals surface area contributed by atoms with Gasteiger partial charge < -0.3 is 19.6 Å². The Hall–Kier alpha value is -1.33. The van der Waals surface area contributed by atoms with Gasteiger partial charge in [-0.15, -0.1) is 0 Å². The molecular formula is C12H19NO4. The highest BCUT2D eigenvalue weighted by Gasteiger charge is 2.21. The molecule has 0 aliphatic rings. The predicted molar refractivity (Wildman–Crippen MR) is 62.9 cm³/mol. The van der Waals surface area contributed by atoms with Gasteiger partial charge in [-0.3, -0.25) is 4.79 Å². The molecule has 2 N–H and O–H groups in total. The van der Waals surface area contributed by atoms with Crippen molar-refractivity contribution in [3.63, 3.8) is 0 Å². The first-order valence-corrected chi connectivity index (χ1v) is 5.49. The molecule has 1 atom stereocenters. The van der Waals surface area contributed by atoms with Crippen LogP contribution in [0, 0.1) is 6.92 Å². The number of methoxy groups -OCH3 is 1. The molecule has 5 heteroatoms. The molecule has 0 bridgehead atoms. The quantitative estimate of drug-likeness (QED) is 0.782. The minimum atomic E-state index is -0.968. The molecule has 0 saturated heterocycles. The monoisotopic (exact) mass is 241 g/mol. The van der Waals surface area contributed by atoms with Crippen LogP contribution in [-0.2, 0) is 4.74 Å². The molecular weight excluding hydrogens is 222 g/mol. The number of nitrogens with one attached hydrogen (secondary N) is 1. The van der Waals surface area contributed by atoms with Crippen molar-refractivity contribution in [2.75, 3.05) is 20.3 Å². The molecule has 1 rings (SSSR count). The third-order valence-electron chi connectivity index (χ3n) is 2.47. The van der Waals surface area contributed by atoms with E-state index in [4.69, 9.17) is 9.15 Å². The van der Waals surface area contributed by atoms with Crippen molar-refractivity contribution in [2.45, 2.75) is 25.9 Å². The second-order valence-corrected chi connectivity index (χ2v) is 4.37. The first kappa shape index (κ1) is 13.7. The fraction of sp³-hybridized carbons (Fsp3) is 0.583. The van der Waals surface area contributed by atoms with Crippen molar-refractivity contribution < 1.29 is 19.1 Å². The summed E-state index contributed by atoms with van der Waals surface area (Å²) in [5.74, 6) is 0.431. The number of furan rings is 1. The summed E-state index contributed by atoms with van der Waals surface area (Å²) >= 11 is 0. The molecule has 0 aromatic carbocycles. The van der Waals surface area contributed by atoms with Crippen LogP contribution in [0.15, 0.2) is 16.7 Å². The SMILES string of the molecule is COCCC(C)(O)CNC(=O)c1coc(C)c1. The molecule has 0 radical (unpaired) electrons. The van der Waals surface area contributed by atoms with E-state index >= 15 is 0 Å². The number of aliphatic hydroxyl groups is 1. The van der Waals surface area contributed by atoms with Gasteiger partial charge in [-0.2, -0.15) is 0 Å². The summed E-state index contributed by atoms with van der Waals surface area (Å²) in [4.78, 5) is 11.7. The number of carbonyl (C=O) groups excluding carboxylic acids is 1. The van der Waals surface area contributed by atoms with Crippen LogP contribution in [0.1, 0.15) is 29.5 Å². The van der Waals surface area contributed by atoms with E-state index in [9.17, 15) is 9.90 Å². The summed E-state index contributed by atoms with van der Waals surface area (Å²) in [7, 11) is 1.57. The molecule has 0 spiro atoms. The molecule has 0 fully saturated rings. The van der Waals surface area contributed by atoms with E-state index < -0.39 is 5.60 Å². The van der Waals surface area contributed by atoms with E-state index in [1.54, 1.807) is 27.0 Å². The summed E-state index contributed by atoms with van der Waals surface area (Å²) in [6.07, 6.45) is 1.86. The fourth-order valence-electron chi connectivity index (χ4n) is 1.35. The van der Waals surface area contributed by atoms with Crippen LogP contribution < -0.4 is 5.32 Å². The maximum Gasteiger partial charge on any atom is 0.254 e. The predicted octanol–water partition coefficient (Wildman–Crippen LogP) is 1.11. The van der Waals surface area contributed by atoms with Crippen LogP contribution in [0.2, 0.25) is 0 Å². The van der Waals surface area contributed by atoms with Crippen molar-refractivity contribution in [2.24, 2.45) is 0 Å². The van der Waals surface area contributed by atoms with Gasteiger partial charge in [-0.1, -0.05) is 0 Å².